The molecule has 0 spiro atoms. The summed E-state index contributed by atoms with van der Waals surface area (Å²) in [6.07, 6.45) is 0.970. The number of amides is 1. The molecule has 5 heteroatoms. The highest BCUT2D eigenvalue weighted by molar-refractivity contribution is 8.03. The Morgan fingerprint density at radius 3 is 2.57 bits per heavy atom. The number of nitriles is 1. The summed E-state index contributed by atoms with van der Waals surface area (Å²) in [7, 11) is 0. The van der Waals surface area contributed by atoms with E-state index in [2.05, 4.69) is 29.7 Å². The molecule has 0 bridgehead atoms. The van der Waals surface area contributed by atoms with Crippen molar-refractivity contribution >= 4 is 29.0 Å². The molecule has 28 heavy (non-hydrogen) atoms. The number of aryl methyl sites for hydroxylation is 1. The topological polar surface area (TPSA) is 64.9 Å². The first-order valence-corrected chi connectivity index (χ1v) is 9.89. The van der Waals surface area contributed by atoms with Crippen LogP contribution >= 0.6 is 11.8 Å². The second-order valence-corrected chi connectivity index (χ2v) is 7.09. The molecule has 3 aromatic carbocycles. The number of carbonyl (C=O) groups is 1. The van der Waals surface area contributed by atoms with E-state index in [1.807, 2.05) is 47.9 Å². The van der Waals surface area contributed by atoms with Crippen molar-refractivity contribution in [1.82, 2.24) is 0 Å². The van der Waals surface area contributed by atoms with E-state index in [0.717, 1.165) is 34.3 Å². The Balaban J connectivity index is 1.65. The minimum absolute atomic E-state index is 0.156. The number of thioether (sulfide) groups is 1. The number of para-hydroxylation sites is 1. The first-order chi connectivity index (χ1) is 13.7. The van der Waals surface area contributed by atoms with Crippen molar-refractivity contribution in [2.24, 2.45) is 0 Å². The third-order valence-corrected chi connectivity index (χ3v) is 4.95. The third-order valence-electron chi connectivity index (χ3n) is 4.35. The molecule has 0 aliphatic heterocycles. The smallest absolute Gasteiger partial charge is 0.255 e. The van der Waals surface area contributed by atoms with Crippen LogP contribution in [-0.4, -0.2) is 5.91 Å². The third kappa shape index (κ3) is 5.15. The van der Waals surface area contributed by atoms with Crippen molar-refractivity contribution < 1.29 is 4.79 Å². The van der Waals surface area contributed by atoms with E-state index in [1.54, 1.807) is 18.2 Å². The van der Waals surface area contributed by atoms with Crippen LogP contribution in [0.1, 0.15) is 28.4 Å². The highest BCUT2D eigenvalue weighted by atomic mass is 32.2. The number of nitrogens with zero attached hydrogens (tertiary/aromatic N) is 1. The highest BCUT2D eigenvalue weighted by Gasteiger charge is 2.08. The summed E-state index contributed by atoms with van der Waals surface area (Å²) < 4.78 is 0. The van der Waals surface area contributed by atoms with E-state index in [1.165, 1.54) is 5.56 Å². The van der Waals surface area contributed by atoms with Crippen molar-refractivity contribution in [2.45, 2.75) is 24.8 Å². The molecule has 0 saturated carbocycles. The molecule has 0 radical (unpaired) electrons. The lowest BCUT2D eigenvalue weighted by molar-refractivity contribution is 0.102. The van der Waals surface area contributed by atoms with Gasteiger partial charge in [0.05, 0.1) is 0 Å². The van der Waals surface area contributed by atoms with Crippen LogP contribution in [0.15, 0.2) is 77.7 Å². The van der Waals surface area contributed by atoms with Gasteiger partial charge in [0, 0.05) is 28.4 Å². The lowest BCUT2D eigenvalue weighted by atomic mass is 10.1. The van der Waals surface area contributed by atoms with Crippen LogP contribution in [0, 0.1) is 10.7 Å². The van der Waals surface area contributed by atoms with E-state index in [0.29, 0.717) is 17.8 Å². The van der Waals surface area contributed by atoms with Crippen molar-refractivity contribution in [3.63, 3.8) is 0 Å². The maximum atomic E-state index is 12.6. The maximum absolute atomic E-state index is 12.6. The first-order valence-electron chi connectivity index (χ1n) is 9.07. The van der Waals surface area contributed by atoms with Gasteiger partial charge < -0.3 is 10.6 Å². The van der Waals surface area contributed by atoms with E-state index in [4.69, 9.17) is 5.26 Å². The normalized spacial score (nSPS) is 10.1. The number of benzene rings is 3. The molecule has 3 rings (SSSR count). The van der Waals surface area contributed by atoms with E-state index < -0.39 is 0 Å². The van der Waals surface area contributed by atoms with Crippen molar-refractivity contribution in [2.75, 3.05) is 10.6 Å². The number of rotatable bonds is 7. The monoisotopic (exact) mass is 387 g/mol. The highest BCUT2D eigenvalue weighted by Crippen LogP contribution is 2.20. The van der Waals surface area contributed by atoms with Gasteiger partial charge in [-0.3, -0.25) is 4.79 Å². The number of anilines is 2. The minimum Gasteiger partial charge on any atom is -0.381 e. The Kier molecular flexibility index (Phi) is 6.72. The Morgan fingerprint density at radius 1 is 1.04 bits per heavy atom. The molecule has 2 N–H and O–H groups in total. The molecule has 3 aromatic rings. The molecular formula is C23H21N3OS. The number of hydrogen-bond acceptors (Lipinski definition) is 4. The summed E-state index contributed by atoms with van der Waals surface area (Å²) in [6, 6.07) is 23.1. The Hall–Kier alpha value is -3.23. The fourth-order valence-electron chi connectivity index (χ4n) is 2.88. The zero-order valence-electron chi connectivity index (χ0n) is 15.6. The second kappa shape index (κ2) is 9.63. The lowest BCUT2D eigenvalue weighted by Gasteiger charge is -2.12. The molecule has 4 nitrogen and oxygen atoms in total. The Morgan fingerprint density at radius 2 is 1.82 bits per heavy atom. The quantitative estimate of drug-likeness (QED) is 0.404. The molecule has 0 heterocycles. The van der Waals surface area contributed by atoms with Crippen molar-refractivity contribution in [1.29, 1.82) is 5.26 Å². The van der Waals surface area contributed by atoms with Crippen LogP contribution in [0.25, 0.3) is 0 Å². The molecule has 0 fully saturated rings. The number of thiocyanates is 1. The SMILES string of the molecule is CCc1ccccc1NCc1cccc(C(=O)Nc2ccc(SC#N)cc2)c1. The summed E-state index contributed by atoms with van der Waals surface area (Å²) in [5.74, 6) is -0.156. The minimum atomic E-state index is -0.156. The number of carbonyl (C=O) groups excluding carboxylic acids is 1. The summed E-state index contributed by atoms with van der Waals surface area (Å²) >= 11 is 1.09. The predicted octanol–water partition coefficient (Wildman–Crippen LogP) is 5.69. The van der Waals surface area contributed by atoms with Gasteiger partial charge >= 0.3 is 0 Å². The van der Waals surface area contributed by atoms with Crippen molar-refractivity contribution in [3.05, 3.63) is 89.5 Å². The van der Waals surface area contributed by atoms with E-state index in [-0.39, 0.29) is 5.91 Å². The summed E-state index contributed by atoms with van der Waals surface area (Å²) in [5.41, 5.74) is 4.75. The van der Waals surface area contributed by atoms with Crippen molar-refractivity contribution in [3.8, 4) is 5.40 Å². The standard InChI is InChI=1S/C23H21N3OS/c1-2-18-7-3-4-9-22(18)25-15-17-6-5-8-19(14-17)23(27)26-20-10-12-21(13-11-20)28-16-24/h3-14,25H,2,15H2,1H3,(H,26,27). The molecule has 0 saturated heterocycles. The summed E-state index contributed by atoms with van der Waals surface area (Å²) in [5, 5.41) is 17.1. The molecule has 0 atom stereocenters. The van der Waals surface area contributed by atoms with Gasteiger partial charge in [0.25, 0.3) is 5.91 Å². The average molecular weight is 388 g/mol. The molecule has 0 aromatic heterocycles. The van der Waals surface area contributed by atoms with Crippen LogP contribution in [0.2, 0.25) is 0 Å². The molecule has 140 valence electrons. The molecule has 0 unspecified atom stereocenters. The number of hydrogen-bond donors (Lipinski definition) is 2. The van der Waals surface area contributed by atoms with Gasteiger partial charge in [-0.25, -0.2) is 0 Å². The van der Waals surface area contributed by atoms with E-state index >= 15 is 0 Å². The van der Waals surface area contributed by atoms with E-state index in [9.17, 15) is 4.79 Å². The zero-order chi connectivity index (χ0) is 19.8. The second-order valence-electron chi connectivity index (χ2n) is 6.24. The van der Waals surface area contributed by atoms with Gasteiger partial charge in [0.15, 0.2) is 0 Å². The van der Waals surface area contributed by atoms with Crippen LogP contribution in [0.3, 0.4) is 0 Å². The van der Waals surface area contributed by atoms with Crippen LogP contribution in [0.4, 0.5) is 11.4 Å². The van der Waals surface area contributed by atoms with Gasteiger partial charge in [0.2, 0.25) is 0 Å². The molecular weight excluding hydrogens is 366 g/mol. The van der Waals surface area contributed by atoms with Crippen LogP contribution in [-0.2, 0) is 13.0 Å². The van der Waals surface area contributed by atoms with Gasteiger partial charge in [0.1, 0.15) is 5.40 Å². The predicted molar refractivity (Wildman–Crippen MR) is 115 cm³/mol. The van der Waals surface area contributed by atoms with Crippen LogP contribution < -0.4 is 10.6 Å². The molecule has 0 aliphatic rings. The zero-order valence-corrected chi connectivity index (χ0v) is 16.4. The summed E-state index contributed by atoms with van der Waals surface area (Å²) in [6.45, 7) is 2.79. The van der Waals surface area contributed by atoms with Gasteiger partial charge in [-0.1, -0.05) is 37.3 Å². The molecule has 1 amide bonds. The van der Waals surface area contributed by atoms with Crippen LogP contribution in [0.5, 0.6) is 0 Å². The number of nitrogens with one attached hydrogen (secondary N) is 2. The Bertz CT molecular complexity index is 993. The summed E-state index contributed by atoms with van der Waals surface area (Å²) in [4.78, 5) is 13.4. The lowest BCUT2D eigenvalue weighted by Crippen LogP contribution is -2.12. The van der Waals surface area contributed by atoms with Gasteiger partial charge in [-0.05, 0) is 71.8 Å². The largest absolute Gasteiger partial charge is 0.381 e. The Labute approximate surface area is 169 Å². The molecule has 0 aliphatic carbocycles. The maximum Gasteiger partial charge on any atom is 0.255 e. The fraction of sp³-hybridized carbons (Fsp3) is 0.130. The van der Waals surface area contributed by atoms with Gasteiger partial charge in [-0.2, -0.15) is 5.26 Å². The van der Waals surface area contributed by atoms with Gasteiger partial charge in [-0.15, -0.1) is 0 Å². The fourth-order valence-corrected chi connectivity index (χ4v) is 3.26. The first kappa shape index (κ1) is 19.5. The average Bonchev–Trinajstić information content (AvgIpc) is 2.74.